The summed E-state index contributed by atoms with van der Waals surface area (Å²) in [4.78, 5) is 17.1. The van der Waals surface area contributed by atoms with Gasteiger partial charge in [-0.15, -0.1) is 0 Å². The number of aromatic nitrogens is 1. The van der Waals surface area contributed by atoms with Gasteiger partial charge in [-0.3, -0.25) is 4.79 Å². The van der Waals surface area contributed by atoms with Crippen molar-refractivity contribution in [2.75, 3.05) is 13.2 Å². The number of aryl methyl sites for hydroxylation is 3. The van der Waals surface area contributed by atoms with Gasteiger partial charge in [-0.1, -0.05) is 11.3 Å². The van der Waals surface area contributed by atoms with Crippen molar-refractivity contribution in [3.05, 3.63) is 40.1 Å². The summed E-state index contributed by atoms with van der Waals surface area (Å²) >= 11 is 1.52. The Morgan fingerprint density at radius 1 is 1.32 bits per heavy atom. The first-order valence-electron chi connectivity index (χ1n) is 7.24. The average Bonchev–Trinajstić information content (AvgIpc) is 2.84. The van der Waals surface area contributed by atoms with Crippen molar-refractivity contribution in [1.29, 1.82) is 0 Å². The Labute approximate surface area is 132 Å². The summed E-state index contributed by atoms with van der Waals surface area (Å²) < 4.78 is 13.6. The van der Waals surface area contributed by atoms with E-state index in [1.807, 2.05) is 6.92 Å². The maximum Gasteiger partial charge on any atom is 0.317 e. The monoisotopic (exact) mass is 318 g/mol. The molecule has 0 aliphatic carbocycles. The highest BCUT2D eigenvalue weighted by atomic mass is 32.1. The SMILES string of the molecule is CCn1c(=NC(=O)C2=COCCO2)sc2cc(C)c(C)cc21. The molecule has 0 spiro atoms. The molecule has 0 unspecified atom stereocenters. The molecule has 1 aromatic carbocycles. The standard InChI is InChI=1S/C16H18N2O3S/c1-4-18-12-7-10(2)11(3)8-14(12)22-16(18)17-15(19)13-9-20-5-6-21-13/h7-9H,4-6H2,1-3H3. The smallest absolute Gasteiger partial charge is 0.317 e. The van der Waals surface area contributed by atoms with Crippen LogP contribution in [0.4, 0.5) is 0 Å². The molecule has 0 fully saturated rings. The zero-order valence-corrected chi connectivity index (χ0v) is 13.7. The van der Waals surface area contributed by atoms with Crippen LogP contribution in [0.15, 0.2) is 29.1 Å². The molecule has 1 amide bonds. The molecular weight excluding hydrogens is 300 g/mol. The first-order chi connectivity index (χ1) is 10.6. The molecule has 0 saturated carbocycles. The van der Waals surface area contributed by atoms with E-state index in [9.17, 15) is 4.79 Å². The summed E-state index contributed by atoms with van der Waals surface area (Å²) in [5, 5.41) is 0. The molecule has 0 N–H and O–H groups in total. The third-order valence-electron chi connectivity index (χ3n) is 3.67. The van der Waals surface area contributed by atoms with Gasteiger partial charge in [0.15, 0.2) is 4.80 Å². The molecular formula is C16H18N2O3S. The number of carbonyl (C=O) groups excluding carboxylic acids is 1. The summed E-state index contributed by atoms with van der Waals surface area (Å²) in [6.45, 7) is 7.82. The average molecular weight is 318 g/mol. The van der Waals surface area contributed by atoms with Crippen LogP contribution in [-0.4, -0.2) is 23.7 Å². The van der Waals surface area contributed by atoms with Gasteiger partial charge in [-0.25, -0.2) is 0 Å². The number of hydrogen-bond donors (Lipinski definition) is 0. The lowest BCUT2D eigenvalue weighted by molar-refractivity contribution is -0.119. The van der Waals surface area contributed by atoms with E-state index < -0.39 is 5.91 Å². The molecule has 1 aliphatic rings. The molecule has 1 aliphatic heterocycles. The molecule has 3 rings (SSSR count). The fourth-order valence-electron chi connectivity index (χ4n) is 2.33. The van der Waals surface area contributed by atoms with Crippen molar-refractivity contribution in [3.63, 3.8) is 0 Å². The number of ether oxygens (including phenoxy) is 2. The fraction of sp³-hybridized carbons (Fsp3) is 0.375. The van der Waals surface area contributed by atoms with Crippen molar-refractivity contribution >= 4 is 27.5 Å². The first-order valence-corrected chi connectivity index (χ1v) is 8.06. The molecule has 1 aromatic heterocycles. The Morgan fingerprint density at radius 3 is 2.77 bits per heavy atom. The lowest BCUT2D eigenvalue weighted by atomic mass is 10.1. The number of hydrogen-bond acceptors (Lipinski definition) is 4. The number of nitrogens with zero attached hydrogens (tertiary/aromatic N) is 2. The Hall–Kier alpha value is -2.08. The Kier molecular flexibility index (Phi) is 4.02. The van der Waals surface area contributed by atoms with Crippen LogP contribution in [0.5, 0.6) is 0 Å². The van der Waals surface area contributed by atoms with Gasteiger partial charge in [-0.05, 0) is 44.0 Å². The van der Waals surface area contributed by atoms with Gasteiger partial charge in [0.25, 0.3) is 0 Å². The second-order valence-corrected chi connectivity index (χ2v) is 6.16. The van der Waals surface area contributed by atoms with Gasteiger partial charge in [0.2, 0.25) is 5.76 Å². The van der Waals surface area contributed by atoms with E-state index in [2.05, 4.69) is 35.5 Å². The maximum atomic E-state index is 12.2. The van der Waals surface area contributed by atoms with Gasteiger partial charge < -0.3 is 14.0 Å². The number of carbonyl (C=O) groups is 1. The summed E-state index contributed by atoms with van der Waals surface area (Å²) in [6, 6.07) is 4.29. The van der Waals surface area contributed by atoms with Crippen molar-refractivity contribution in [3.8, 4) is 0 Å². The number of thiazole rings is 1. The molecule has 116 valence electrons. The minimum atomic E-state index is -0.401. The quantitative estimate of drug-likeness (QED) is 0.855. The van der Waals surface area contributed by atoms with E-state index >= 15 is 0 Å². The topological polar surface area (TPSA) is 52.8 Å². The normalized spacial score (nSPS) is 15.4. The molecule has 22 heavy (non-hydrogen) atoms. The second kappa shape index (κ2) is 5.96. The summed E-state index contributed by atoms with van der Waals surface area (Å²) in [7, 11) is 0. The number of rotatable bonds is 2. The van der Waals surface area contributed by atoms with Crippen LogP contribution < -0.4 is 4.80 Å². The zero-order valence-electron chi connectivity index (χ0n) is 12.9. The van der Waals surface area contributed by atoms with E-state index in [1.54, 1.807) is 0 Å². The Morgan fingerprint density at radius 2 is 2.09 bits per heavy atom. The predicted octanol–water partition coefficient (Wildman–Crippen LogP) is 2.66. The van der Waals surface area contributed by atoms with Gasteiger partial charge in [-0.2, -0.15) is 4.99 Å². The molecule has 0 radical (unpaired) electrons. The third kappa shape index (κ3) is 2.66. The van der Waals surface area contributed by atoms with E-state index in [0.29, 0.717) is 18.0 Å². The van der Waals surface area contributed by atoms with Crippen molar-refractivity contribution < 1.29 is 14.3 Å². The molecule has 2 heterocycles. The van der Waals surface area contributed by atoms with Gasteiger partial charge >= 0.3 is 5.91 Å². The van der Waals surface area contributed by atoms with Gasteiger partial charge in [0.05, 0.1) is 10.2 Å². The predicted molar refractivity (Wildman–Crippen MR) is 85.5 cm³/mol. The van der Waals surface area contributed by atoms with Crippen LogP contribution in [0, 0.1) is 13.8 Å². The highest BCUT2D eigenvalue weighted by Gasteiger charge is 2.15. The molecule has 6 heteroatoms. The second-order valence-electron chi connectivity index (χ2n) is 5.15. The van der Waals surface area contributed by atoms with Crippen molar-refractivity contribution in [2.45, 2.75) is 27.3 Å². The van der Waals surface area contributed by atoms with Crippen LogP contribution in [0.3, 0.4) is 0 Å². The number of benzene rings is 1. The minimum absolute atomic E-state index is 0.165. The molecule has 2 aromatic rings. The van der Waals surface area contributed by atoms with E-state index in [-0.39, 0.29) is 5.76 Å². The number of amides is 1. The van der Waals surface area contributed by atoms with Crippen LogP contribution in [0.2, 0.25) is 0 Å². The maximum absolute atomic E-state index is 12.2. The minimum Gasteiger partial charge on any atom is -0.494 e. The molecule has 5 nitrogen and oxygen atoms in total. The third-order valence-corrected chi connectivity index (χ3v) is 4.71. The lowest BCUT2D eigenvalue weighted by Gasteiger charge is -2.12. The van der Waals surface area contributed by atoms with Gasteiger partial charge in [0, 0.05) is 6.54 Å². The van der Waals surface area contributed by atoms with Crippen LogP contribution in [0.1, 0.15) is 18.1 Å². The van der Waals surface area contributed by atoms with Crippen molar-refractivity contribution in [2.24, 2.45) is 4.99 Å². The van der Waals surface area contributed by atoms with Crippen LogP contribution in [0.25, 0.3) is 10.2 Å². The fourth-order valence-corrected chi connectivity index (χ4v) is 3.51. The van der Waals surface area contributed by atoms with Crippen LogP contribution >= 0.6 is 11.3 Å². The molecule has 0 atom stereocenters. The van der Waals surface area contributed by atoms with E-state index in [0.717, 1.165) is 16.8 Å². The lowest BCUT2D eigenvalue weighted by Crippen LogP contribution is -2.19. The first kappa shape index (κ1) is 14.8. The largest absolute Gasteiger partial charge is 0.494 e. The molecule has 0 saturated heterocycles. The van der Waals surface area contributed by atoms with Crippen LogP contribution in [-0.2, 0) is 20.8 Å². The summed E-state index contributed by atoms with van der Waals surface area (Å²) in [5.74, 6) is -0.236. The summed E-state index contributed by atoms with van der Waals surface area (Å²) in [6.07, 6.45) is 1.34. The zero-order chi connectivity index (χ0) is 15.7. The highest BCUT2D eigenvalue weighted by molar-refractivity contribution is 7.16. The Balaban J connectivity index is 2.11. The van der Waals surface area contributed by atoms with Crippen molar-refractivity contribution in [1.82, 2.24) is 4.57 Å². The summed E-state index contributed by atoms with van der Waals surface area (Å²) in [5.41, 5.74) is 3.58. The molecule has 0 bridgehead atoms. The van der Waals surface area contributed by atoms with Gasteiger partial charge in [0.1, 0.15) is 19.5 Å². The highest BCUT2D eigenvalue weighted by Crippen LogP contribution is 2.22. The van der Waals surface area contributed by atoms with E-state index in [1.165, 1.54) is 28.7 Å². The van der Waals surface area contributed by atoms with E-state index in [4.69, 9.17) is 9.47 Å². The number of fused-ring (bicyclic) bond motifs is 1. The Bertz CT molecular complexity index is 830.